The average Bonchev–Trinajstić information content (AvgIpc) is 2.93. The largest absolute Gasteiger partial charge is 0.497 e. The van der Waals surface area contributed by atoms with Gasteiger partial charge in [0.05, 0.1) is 24.6 Å². The lowest BCUT2D eigenvalue weighted by Gasteiger charge is -2.13. The van der Waals surface area contributed by atoms with Crippen LogP contribution in [0, 0.1) is 0 Å². The zero-order valence-corrected chi connectivity index (χ0v) is 13.5. The van der Waals surface area contributed by atoms with Gasteiger partial charge in [-0.05, 0) is 31.2 Å². The Morgan fingerprint density at radius 1 is 1.19 bits per heavy atom. The van der Waals surface area contributed by atoms with Crippen LogP contribution in [0.2, 0.25) is 4.34 Å². The van der Waals surface area contributed by atoms with E-state index in [1.807, 2.05) is 19.1 Å². The quantitative estimate of drug-likeness (QED) is 0.906. The normalized spacial score (nSPS) is 11.8. The standard InChI is InChI=1S/C15H16ClNO3S/c1-9(13-4-5-14(16)21-13)17-15(18)10-6-11(19-2)8-12(7-10)20-3/h4-9H,1-3H3,(H,17,18)/t9-/m1/s1. The Labute approximate surface area is 132 Å². The van der Waals surface area contributed by atoms with Crippen LogP contribution in [0.15, 0.2) is 30.3 Å². The first-order valence-corrected chi connectivity index (χ1v) is 7.52. The summed E-state index contributed by atoms with van der Waals surface area (Å²) in [5.41, 5.74) is 0.487. The van der Waals surface area contributed by atoms with E-state index in [-0.39, 0.29) is 11.9 Å². The highest BCUT2D eigenvalue weighted by Crippen LogP contribution is 2.27. The van der Waals surface area contributed by atoms with Crippen LogP contribution < -0.4 is 14.8 Å². The summed E-state index contributed by atoms with van der Waals surface area (Å²) < 4.78 is 11.0. The van der Waals surface area contributed by atoms with Gasteiger partial charge in [-0.3, -0.25) is 4.79 Å². The number of carbonyl (C=O) groups is 1. The molecule has 0 aliphatic rings. The van der Waals surface area contributed by atoms with Crippen molar-refractivity contribution in [2.45, 2.75) is 13.0 Å². The van der Waals surface area contributed by atoms with Crippen LogP contribution in [0.4, 0.5) is 0 Å². The minimum absolute atomic E-state index is 0.118. The lowest BCUT2D eigenvalue weighted by molar-refractivity contribution is 0.0940. The average molecular weight is 326 g/mol. The molecule has 1 amide bonds. The monoisotopic (exact) mass is 325 g/mol. The highest BCUT2D eigenvalue weighted by atomic mass is 35.5. The molecule has 2 aromatic rings. The van der Waals surface area contributed by atoms with E-state index in [1.54, 1.807) is 32.4 Å². The molecule has 6 heteroatoms. The minimum atomic E-state index is -0.191. The van der Waals surface area contributed by atoms with Gasteiger partial charge in [-0.25, -0.2) is 0 Å². The molecule has 0 radical (unpaired) electrons. The first-order chi connectivity index (χ1) is 10.0. The number of methoxy groups -OCH3 is 2. The van der Waals surface area contributed by atoms with Crippen molar-refractivity contribution in [3.05, 3.63) is 45.1 Å². The summed E-state index contributed by atoms with van der Waals surface area (Å²) in [6.07, 6.45) is 0. The summed E-state index contributed by atoms with van der Waals surface area (Å²) in [6.45, 7) is 1.91. The molecule has 0 unspecified atom stereocenters. The number of benzene rings is 1. The molecule has 1 heterocycles. The van der Waals surface area contributed by atoms with E-state index in [2.05, 4.69) is 5.32 Å². The van der Waals surface area contributed by atoms with E-state index in [0.717, 1.165) is 4.88 Å². The molecule has 1 aromatic heterocycles. The second kappa shape index (κ2) is 6.83. The van der Waals surface area contributed by atoms with Gasteiger partial charge in [0.25, 0.3) is 5.91 Å². The Morgan fingerprint density at radius 3 is 2.29 bits per heavy atom. The molecule has 1 atom stereocenters. The number of hydrogen-bond acceptors (Lipinski definition) is 4. The lowest BCUT2D eigenvalue weighted by Crippen LogP contribution is -2.26. The molecule has 4 nitrogen and oxygen atoms in total. The summed E-state index contributed by atoms with van der Waals surface area (Å²) in [7, 11) is 3.10. The van der Waals surface area contributed by atoms with E-state index in [4.69, 9.17) is 21.1 Å². The Bertz CT molecular complexity index is 619. The number of rotatable bonds is 5. The van der Waals surface area contributed by atoms with Crippen molar-refractivity contribution in [1.82, 2.24) is 5.32 Å². The summed E-state index contributed by atoms with van der Waals surface area (Å²) >= 11 is 7.36. The molecule has 0 aliphatic carbocycles. The maximum absolute atomic E-state index is 12.3. The van der Waals surface area contributed by atoms with Gasteiger partial charge >= 0.3 is 0 Å². The van der Waals surface area contributed by atoms with Gasteiger partial charge in [-0.1, -0.05) is 11.6 Å². The fourth-order valence-corrected chi connectivity index (χ4v) is 2.91. The number of carbonyl (C=O) groups excluding carboxylic acids is 1. The zero-order valence-electron chi connectivity index (χ0n) is 12.0. The molecule has 2 rings (SSSR count). The Morgan fingerprint density at radius 2 is 1.81 bits per heavy atom. The van der Waals surface area contributed by atoms with E-state index in [1.165, 1.54) is 11.3 Å². The van der Waals surface area contributed by atoms with Crippen LogP contribution in [-0.2, 0) is 0 Å². The Balaban J connectivity index is 2.16. The molecule has 0 fully saturated rings. The smallest absolute Gasteiger partial charge is 0.252 e. The number of amides is 1. The zero-order chi connectivity index (χ0) is 15.4. The van der Waals surface area contributed by atoms with Gasteiger partial charge in [-0.15, -0.1) is 11.3 Å². The molecule has 1 N–H and O–H groups in total. The molecule has 0 spiro atoms. The fourth-order valence-electron chi connectivity index (χ4n) is 1.85. The number of halogens is 1. The highest BCUT2D eigenvalue weighted by Gasteiger charge is 2.15. The van der Waals surface area contributed by atoms with E-state index in [0.29, 0.717) is 21.4 Å². The summed E-state index contributed by atoms with van der Waals surface area (Å²) in [4.78, 5) is 13.3. The van der Waals surface area contributed by atoms with Crippen molar-refractivity contribution < 1.29 is 14.3 Å². The third-order valence-electron chi connectivity index (χ3n) is 2.98. The predicted octanol–water partition coefficient (Wildman–Crippen LogP) is 3.91. The van der Waals surface area contributed by atoms with Crippen LogP contribution in [-0.4, -0.2) is 20.1 Å². The van der Waals surface area contributed by atoms with Crippen molar-refractivity contribution in [2.75, 3.05) is 14.2 Å². The van der Waals surface area contributed by atoms with Crippen molar-refractivity contribution in [1.29, 1.82) is 0 Å². The van der Waals surface area contributed by atoms with Gasteiger partial charge in [0.15, 0.2) is 0 Å². The topological polar surface area (TPSA) is 47.6 Å². The van der Waals surface area contributed by atoms with Crippen LogP contribution in [0.1, 0.15) is 28.2 Å². The van der Waals surface area contributed by atoms with Gasteiger partial charge < -0.3 is 14.8 Å². The number of ether oxygens (including phenoxy) is 2. The molecular formula is C15H16ClNO3S. The summed E-state index contributed by atoms with van der Waals surface area (Å²) in [5.74, 6) is 0.960. The number of thiophene rings is 1. The first kappa shape index (κ1) is 15.7. The number of nitrogens with one attached hydrogen (secondary N) is 1. The Kier molecular flexibility index (Phi) is 5.09. The maximum Gasteiger partial charge on any atom is 0.252 e. The van der Waals surface area contributed by atoms with Crippen molar-refractivity contribution in [3.8, 4) is 11.5 Å². The van der Waals surface area contributed by atoms with E-state index < -0.39 is 0 Å². The lowest BCUT2D eigenvalue weighted by atomic mass is 10.1. The predicted molar refractivity (Wildman–Crippen MR) is 84.8 cm³/mol. The summed E-state index contributed by atoms with van der Waals surface area (Å²) in [6, 6.07) is 8.67. The van der Waals surface area contributed by atoms with Gasteiger partial charge in [0, 0.05) is 16.5 Å². The third-order valence-corrected chi connectivity index (χ3v) is 4.40. The Hall–Kier alpha value is -1.72. The molecule has 0 saturated carbocycles. The molecule has 112 valence electrons. The van der Waals surface area contributed by atoms with Crippen molar-refractivity contribution >= 4 is 28.8 Å². The molecular weight excluding hydrogens is 310 g/mol. The second-order valence-electron chi connectivity index (χ2n) is 4.44. The van der Waals surface area contributed by atoms with Gasteiger partial charge in [0.2, 0.25) is 0 Å². The van der Waals surface area contributed by atoms with E-state index >= 15 is 0 Å². The van der Waals surface area contributed by atoms with Crippen molar-refractivity contribution in [3.63, 3.8) is 0 Å². The van der Waals surface area contributed by atoms with Crippen molar-refractivity contribution in [2.24, 2.45) is 0 Å². The van der Waals surface area contributed by atoms with E-state index in [9.17, 15) is 4.79 Å². The maximum atomic E-state index is 12.3. The molecule has 0 bridgehead atoms. The second-order valence-corrected chi connectivity index (χ2v) is 6.19. The molecule has 0 aliphatic heterocycles. The SMILES string of the molecule is COc1cc(OC)cc(C(=O)N[C@H](C)c2ccc(Cl)s2)c1. The van der Waals surface area contributed by atoms with Crippen LogP contribution in [0.25, 0.3) is 0 Å². The third kappa shape index (κ3) is 3.89. The van der Waals surface area contributed by atoms with Crippen LogP contribution in [0.5, 0.6) is 11.5 Å². The minimum Gasteiger partial charge on any atom is -0.497 e. The van der Waals surface area contributed by atoms with Gasteiger partial charge in [0.1, 0.15) is 11.5 Å². The molecule has 21 heavy (non-hydrogen) atoms. The first-order valence-electron chi connectivity index (χ1n) is 6.32. The van der Waals surface area contributed by atoms with Crippen LogP contribution in [0.3, 0.4) is 0 Å². The fraction of sp³-hybridized carbons (Fsp3) is 0.267. The summed E-state index contributed by atoms with van der Waals surface area (Å²) in [5, 5.41) is 2.93. The highest BCUT2D eigenvalue weighted by molar-refractivity contribution is 7.16. The van der Waals surface area contributed by atoms with Gasteiger partial charge in [-0.2, -0.15) is 0 Å². The van der Waals surface area contributed by atoms with Crippen LogP contribution >= 0.6 is 22.9 Å². The molecule has 0 saturated heterocycles. The number of hydrogen-bond donors (Lipinski definition) is 1. The molecule has 1 aromatic carbocycles.